The molecule has 1 aliphatic heterocycles. The molecule has 0 saturated carbocycles. The zero-order chi connectivity index (χ0) is 37.0. The molecular formula is C36H44N4O12. The van der Waals surface area contributed by atoms with Crippen LogP contribution in [0.25, 0.3) is 0 Å². The van der Waals surface area contributed by atoms with E-state index in [1.165, 1.54) is 0 Å². The van der Waals surface area contributed by atoms with Crippen LogP contribution in [0, 0.1) is 0 Å². The van der Waals surface area contributed by atoms with Gasteiger partial charge in [0.1, 0.15) is 0 Å². The lowest BCUT2D eigenvalue weighted by molar-refractivity contribution is 0.0482. The number of anilines is 4. The smallest absolute Gasteiger partial charge is 0.374 e. The highest BCUT2D eigenvalue weighted by Gasteiger charge is 2.25. The van der Waals surface area contributed by atoms with Crippen molar-refractivity contribution in [2.24, 2.45) is 0 Å². The average molecular weight is 725 g/mol. The molecule has 4 aromatic rings. The molecule has 4 aromatic heterocycles. The third kappa shape index (κ3) is 9.30. The maximum atomic E-state index is 12.5. The van der Waals surface area contributed by atoms with Crippen LogP contribution in [0.4, 0.5) is 23.5 Å². The summed E-state index contributed by atoms with van der Waals surface area (Å²) >= 11 is 0. The number of furan rings is 4. The van der Waals surface area contributed by atoms with Gasteiger partial charge in [-0.15, -0.1) is 0 Å². The fourth-order valence-corrected chi connectivity index (χ4v) is 5.53. The molecule has 0 atom stereocenters. The van der Waals surface area contributed by atoms with Crippen LogP contribution < -0.4 is 19.6 Å². The number of carbonyl (C=O) groups is 4. The largest absolute Gasteiger partial charge is 0.460 e. The molecule has 5 rings (SSSR count). The van der Waals surface area contributed by atoms with Crippen molar-refractivity contribution in [3.05, 3.63) is 71.6 Å². The zero-order valence-electron chi connectivity index (χ0n) is 29.8. The Morgan fingerprint density at radius 2 is 0.596 bits per heavy atom. The van der Waals surface area contributed by atoms with E-state index in [0.717, 1.165) is 0 Å². The molecule has 16 heteroatoms. The molecule has 52 heavy (non-hydrogen) atoms. The summed E-state index contributed by atoms with van der Waals surface area (Å²) in [6, 6.07) is 13.1. The predicted octanol–water partition coefficient (Wildman–Crippen LogP) is 5.11. The maximum absolute atomic E-state index is 12.5. The van der Waals surface area contributed by atoms with Gasteiger partial charge in [0.05, 0.1) is 26.4 Å². The standard InChI is InChI=1S/C36H44N4O12/c1-5-45-33(41)25-9-13-29(49-25)37-17-19-38(30-14-10-26(50-30)34(42)46-6-2)21-23-40(32-16-12-28(52-32)36(44)48-8-4)24-22-39(20-18-37)31-15-11-27(51-31)35(43)47-7-3/h9-16H,5-8,17-24H2,1-4H3. The van der Waals surface area contributed by atoms with Gasteiger partial charge in [0.2, 0.25) is 23.0 Å². The van der Waals surface area contributed by atoms with Crippen LogP contribution in [0.3, 0.4) is 0 Å². The summed E-state index contributed by atoms with van der Waals surface area (Å²) in [6.45, 7) is 10.9. The van der Waals surface area contributed by atoms with Crippen LogP contribution in [0.5, 0.6) is 0 Å². The highest BCUT2D eigenvalue weighted by atomic mass is 16.6. The van der Waals surface area contributed by atoms with Crippen molar-refractivity contribution < 1.29 is 55.8 Å². The van der Waals surface area contributed by atoms with Crippen molar-refractivity contribution in [2.45, 2.75) is 27.7 Å². The Balaban J connectivity index is 1.48. The Hall–Kier alpha value is -5.80. The van der Waals surface area contributed by atoms with Crippen molar-refractivity contribution in [3.8, 4) is 0 Å². The van der Waals surface area contributed by atoms with Gasteiger partial charge in [0, 0.05) is 76.6 Å². The SMILES string of the molecule is CCOC(=O)c1ccc(N2CCN(c3ccc(C(=O)OCC)o3)CCN(c3ccc(C(=O)OCC)o3)CCN(c3ccc(C(=O)OCC)o3)CC2)o1. The summed E-state index contributed by atoms with van der Waals surface area (Å²) in [6.07, 6.45) is 0. The van der Waals surface area contributed by atoms with Gasteiger partial charge in [0.15, 0.2) is 23.5 Å². The summed E-state index contributed by atoms with van der Waals surface area (Å²) in [5.74, 6) is -0.204. The van der Waals surface area contributed by atoms with Gasteiger partial charge in [-0.3, -0.25) is 0 Å². The van der Waals surface area contributed by atoms with Crippen molar-refractivity contribution in [1.82, 2.24) is 0 Å². The van der Waals surface area contributed by atoms with Crippen molar-refractivity contribution >= 4 is 47.4 Å². The van der Waals surface area contributed by atoms with E-state index in [9.17, 15) is 19.2 Å². The summed E-state index contributed by atoms with van der Waals surface area (Å²) in [7, 11) is 0. The monoisotopic (exact) mass is 724 g/mol. The number of rotatable bonds is 12. The molecule has 280 valence electrons. The minimum Gasteiger partial charge on any atom is -0.460 e. The Kier molecular flexibility index (Phi) is 12.9. The van der Waals surface area contributed by atoms with E-state index in [0.29, 0.717) is 75.9 Å². The van der Waals surface area contributed by atoms with Gasteiger partial charge in [0.25, 0.3) is 0 Å². The minimum atomic E-state index is -0.570. The number of nitrogens with zero attached hydrogens (tertiary/aromatic N) is 4. The minimum absolute atomic E-state index is 0.0724. The summed E-state index contributed by atoms with van der Waals surface area (Å²) in [5, 5.41) is 0. The number of hydrogen-bond donors (Lipinski definition) is 0. The third-order valence-electron chi connectivity index (χ3n) is 8.08. The molecule has 1 fully saturated rings. The first kappa shape index (κ1) is 37.5. The fourth-order valence-electron chi connectivity index (χ4n) is 5.53. The van der Waals surface area contributed by atoms with Gasteiger partial charge < -0.3 is 56.2 Å². The van der Waals surface area contributed by atoms with E-state index < -0.39 is 23.9 Å². The first-order valence-corrected chi connectivity index (χ1v) is 17.3. The second-order valence-electron chi connectivity index (χ2n) is 11.4. The average Bonchev–Trinajstić information content (AvgIpc) is 3.96. The third-order valence-corrected chi connectivity index (χ3v) is 8.08. The number of esters is 4. The lowest BCUT2D eigenvalue weighted by Crippen LogP contribution is -2.46. The molecule has 0 aromatic carbocycles. The lowest BCUT2D eigenvalue weighted by Gasteiger charge is -2.34. The van der Waals surface area contributed by atoms with E-state index in [1.807, 2.05) is 19.6 Å². The molecule has 0 aliphatic carbocycles. The Labute approximate surface area is 300 Å². The number of ether oxygens (including phenoxy) is 4. The van der Waals surface area contributed by atoms with Crippen molar-refractivity contribution in [2.75, 3.05) is 98.4 Å². The molecule has 5 heterocycles. The van der Waals surface area contributed by atoms with Gasteiger partial charge in [-0.25, -0.2) is 19.2 Å². The van der Waals surface area contributed by atoms with Crippen molar-refractivity contribution in [1.29, 1.82) is 0 Å². The van der Waals surface area contributed by atoms with Crippen LogP contribution in [0.2, 0.25) is 0 Å². The van der Waals surface area contributed by atoms with E-state index in [1.54, 1.807) is 76.2 Å². The van der Waals surface area contributed by atoms with Gasteiger partial charge in [-0.1, -0.05) is 0 Å². The number of carbonyl (C=O) groups excluding carboxylic acids is 4. The van der Waals surface area contributed by atoms with Crippen LogP contribution >= 0.6 is 0 Å². The van der Waals surface area contributed by atoms with Crippen LogP contribution in [-0.2, 0) is 18.9 Å². The highest BCUT2D eigenvalue weighted by Crippen LogP contribution is 2.26. The van der Waals surface area contributed by atoms with Gasteiger partial charge in [-0.2, -0.15) is 0 Å². The summed E-state index contributed by atoms with van der Waals surface area (Å²) < 4.78 is 44.4. The van der Waals surface area contributed by atoms with Gasteiger partial charge >= 0.3 is 23.9 Å². The van der Waals surface area contributed by atoms with E-state index in [4.69, 9.17) is 36.6 Å². The molecular weight excluding hydrogens is 680 g/mol. The first-order valence-electron chi connectivity index (χ1n) is 17.3. The molecule has 0 unspecified atom stereocenters. The molecule has 0 bridgehead atoms. The topological polar surface area (TPSA) is 171 Å². The second kappa shape index (κ2) is 17.9. The maximum Gasteiger partial charge on any atom is 0.374 e. The highest BCUT2D eigenvalue weighted by molar-refractivity contribution is 5.88. The van der Waals surface area contributed by atoms with Crippen molar-refractivity contribution in [3.63, 3.8) is 0 Å². The van der Waals surface area contributed by atoms with E-state index in [2.05, 4.69) is 0 Å². The normalized spacial score (nSPS) is 14.4. The fraction of sp³-hybridized carbons (Fsp3) is 0.444. The predicted molar refractivity (Wildman–Crippen MR) is 188 cm³/mol. The molecule has 0 radical (unpaired) electrons. The quantitative estimate of drug-likeness (QED) is 0.139. The molecule has 0 spiro atoms. The Bertz CT molecular complexity index is 1510. The lowest BCUT2D eigenvalue weighted by atomic mass is 10.3. The van der Waals surface area contributed by atoms with Crippen LogP contribution in [0.1, 0.15) is 69.9 Å². The summed E-state index contributed by atoms with van der Waals surface area (Å²) in [5.41, 5.74) is 0. The number of hydrogen-bond acceptors (Lipinski definition) is 16. The molecule has 0 amide bonds. The molecule has 1 saturated heterocycles. The summed E-state index contributed by atoms with van der Waals surface area (Å²) in [4.78, 5) is 57.7. The van der Waals surface area contributed by atoms with Gasteiger partial charge in [-0.05, 0) is 52.0 Å². The zero-order valence-corrected chi connectivity index (χ0v) is 29.8. The van der Waals surface area contributed by atoms with Crippen LogP contribution in [0.15, 0.2) is 66.2 Å². The second-order valence-corrected chi connectivity index (χ2v) is 11.4. The molecule has 0 N–H and O–H groups in total. The van der Waals surface area contributed by atoms with Crippen LogP contribution in [-0.4, -0.2) is 103 Å². The molecule has 1 aliphatic rings. The Morgan fingerprint density at radius 3 is 0.769 bits per heavy atom. The van der Waals surface area contributed by atoms with E-state index >= 15 is 0 Å². The first-order chi connectivity index (χ1) is 25.2. The van der Waals surface area contributed by atoms with E-state index in [-0.39, 0.29) is 49.5 Å². The Morgan fingerprint density at radius 1 is 0.404 bits per heavy atom. The molecule has 16 nitrogen and oxygen atoms in total.